The highest BCUT2D eigenvalue weighted by Crippen LogP contribution is 2.23. The Kier molecular flexibility index (Phi) is 4.00. The molecule has 0 aliphatic heterocycles. The molecule has 4 heteroatoms. The van der Waals surface area contributed by atoms with Crippen molar-refractivity contribution in [1.29, 1.82) is 0 Å². The monoisotopic (exact) mass is 261 g/mol. The summed E-state index contributed by atoms with van der Waals surface area (Å²) in [6.07, 6.45) is 1.85. The van der Waals surface area contributed by atoms with Crippen molar-refractivity contribution < 1.29 is 4.39 Å². The Morgan fingerprint density at radius 2 is 2.26 bits per heavy atom. The predicted octanol–water partition coefficient (Wildman–Crippen LogP) is 3.55. The highest BCUT2D eigenvalue weighted by Gasteiger charge is 2.16. The van der Waals surface area contributed by atoms with Crippen LogP contribution in [0.1, 0.15) is 38.6 Å². The van der Waals surface area contributed by atoms with Gasteiger partial charge in [0, 0.05) is 12.6 Å². The number of hydrogen-bond donors (Lipinski definition) is 1. The Balaban J connectivity index is 2.56. The molecular weight excluding hydrogens is 241 g/mol. The van der Waals surface area contributed by atoms with Gasteiger partial charge in [0.1, 0.15) is 11.6 Å². The van der Waals surface area contributed by atoms with Crippen LogP contribution in [0, 0.1) is 5.82 Å². The fourth-order valence-corrected chi connectivity index (χ4v) is 2.28. The molecule has 3 nitrogen and oxygen atoms in total. The zero-order chi connectivity index (χ0) is 14.0. The van der Waals surface area contributed by atoms with Crippen LogP contribution in [0.25, 0.3) is 11.0 Å². The molecule has 0 radical (unpaired) electrons. The molecule has 1 heterocycles. The third kappa shape index (κ3) is 2.84. The van der Waals surface area contributed by atoms with Crippen molar-refractivity contribution in [3.05, 3.63) is 42.0 Å². The number of aromatic nitrogens is 2. The van der Waals surface area contributed by atoms with Crippen LogP contribution in [-0.4, -0.2) is 9.55 Å². The van der Waals surface area contributed by atoms with E-state index in [0.29, 0.717) is 12.1 Å². The Hall–Kier alpha value is -1.68. The lowest BCUT2D eigenvalue weighted by Crippen LogP contribution is -2.17. The highest BCUT2D eigenvalue weighted by molar-refractivity contribution is 5.76. The molecule has 0 fully saturated rings. The summed E-state index contributed by atoms with van der Waals surface area (Å²) in [5, 5.41) is 0. The van der Waals surface area contributed by atoms with Gasteiger partial charge < -0.3 is 10.3 Å². The average molecular weight is 261 g/mol. The van der Waals surface area contributed by atoms with E-state index >= 15 is 0 Å². The summed E-state index contributed by atoms with van der Waals surface area (Å²) >= 11 is 0. The van der Waals surface area contributed by atoms with Crippen LogP contribution < -0.4 is 5.73 Å². The Bertz CT molecular complexity index is 601. The fraction of sp³-hybridized carbons (Fsp3) is 0.400. The van der Waals surface area contributed by atoms with E-state index in [4.69, 9.17) is 5.73 Å². The minimum Gasteiger partial charge on any atom is -0.323 e. The summed E-state index contributed by atoms with van der Waals surface area (Å²) in [5.41, 5.74) is 8.76. The maximum absolute atomic E-state index is 13.3. The van der Waals surface area contributed by atoms with Crippen molar-refractivity contribution in [3.8, 4) is 0 Å². The molecule has 1 aromatic heterocycles. The Morgan fingerprint density at radius 1 is 1.53 bits per heavy atom. The van der Waals surface area contributed by atoms with Crippen LogP contribution in [0.2, 0.25) is 0 Å². The topological polar surface area (TPSA) is 43.8 Å². The van der Waals surface area contributed by atoms with Crippen molar-refractivity contribution in [3.63, 3.8) is 0 Å². The molecule has 0 saturated heterocycles. The summed E-state index contributed by atoms with van der Waals surface area (Å²) in [5.74, 6) is 0.536. The zero-order valence-electron chi connectivity index (χ0n) is 11.5. The number of imidazole rings is 1. The van der Waals surface area contributed by atoms with Crippen LogP contribution >= 0.6 is 0 Å². The van der Waals surface area contributed by atoms with Gasteiger partial charge in [-0.15, -0.1) is 0 Å². The van der Waals surface area contributed by atoms with Gasteiger partial charge in [-0.1, -0.05) is 25.5 Å². The molecule has 0 aliphatic rings. The maximum Gasteiger partial charge on any atom is 0.127 e. The van der Waals surface area contributed by atoms with Gasteiger partial charge in [0.05, 0.1) is 17.1 Å². The van der Waals surface area contributed by atoms with Crippen LogP contribution in [0.5, 0.6) is 0 Å². The zero-order valence-corrected chi connectivity index (χ0v) is 11.5. The minimum atomic E-state index is -0.275. The molecule has 0 amide bonds. The fourth-order valence-electron chi connectivity index (χ4n) is 2.28. The van der Waals surface area contributed by atoms with E-state index in [2.05, 4.69) is 18.5 Å². The van der Waals surface area contributed by atoms with E-state index in [0.717, 1.165) is 29.8 Å². The number of fused-ring (bicyclic) bond motifs is 1. The Labute approximate surface area is 112 Å². The average Bonchev–Trinajstić information content (AvgIpc) is 2.67. The number of benzene rings is 1. The number of rotatable bonds is 5. The molecule has 0 spiro atoms. The first-order valence-electron chi connectivity index (χ1n) is 6.58. The SMILES string of the molecule is C=C(C)Cn1c(C(N)CCC)nc2cc(F)ccc21. The second-order valence-corrected chi connectivity index (χ2v) is 5.04. The lowest BCUT2D eigenvalue weighted by Gasteiger charge is -2.14. The second-order valence-electron chi connectivity index (χ2n) is 5.04. The van der Waals surface area contributed by atoms with Gasteiger partial charge in [0.2, 0.25) is 0 Å². The van der Waals surface area contributed by atoms with Crippen LogP contribution in [0.3, 0.4) is 0 Å². The summed E-state index contributed by atoms with van der Waals surface area (Å²) in [6.45, 7) is 8.65. The predicted molar refractivity (Wildman–Crippen MR) is 76.3 cm³/mol. The molecule has 19 heavy (non-hydrogen) atoms. The minimum absolute atomic E-state index is 0.125. The smallest absolute Gasteiger partial charge is 0.127 e. The first-order chi connectivity index (χ1) is 9.02. The molecule has 0 saturated carbocycles. The number of halogens is 1. The van der Waals surface area contributed by atoms with Crippen molar-refractivity contribution in [2.75, 3.05) is 0 Å². The molecule has 2 rings (SSSR count). The normalized spacial score (nSPS) is 12.8. The summed E-state index contributed by atoms with van der Waals surface area (Å²) < 4.78 is 15.3. The van der Waals surface area contributed by atoms with Crippen molar-refractivity contribution in [1.82, 2.24) is 9.55 Å². The van der Waals surface area contributed by atoms with Crippen LogP contribution in [0.4, 0.5) is 4.39 Å². The first-order valence-corrected chi connectivity index (χ1v) is 6.58. The highest BCUT2D eigenvalue weighted by atomic mass is 19.1. The molecule has 102 valence electrons. The molecule has 1 unspecified atom stereocenters. The summed E-state index contributed by atoms with van der Waals surface area (Å²) in [6, 6.07) is 4.53. The number of nitrogens with zero attached hydrogens (tertiary/aromatic N) is 2. The molecule has 2 N–H and O–H groups in total. The Morgan fingerprint density at radius 3 is 2.89 bits per heavy atom. The van der Waals surface area contributed by atoms with Crippen molar-refractivity contribution >= 4 is 11.0 Å². The third-order valence-corrected chi connectivity index (χ3v) is 3.10. The van der Waals surface area contributed by atoms with Crippen LogP contribution in [-0.2, 0) is 6.54 Å². The lowest BCUT2D eigenvalue weighted by molar-refractivity contribution is 0.570. The van der Waals surface area contributed by atoms with Gasteiger partial charge in [-0.25, -0.2) is 9.37 Å². The quantitative estimate of drug-likeness (QED) is 0.836. The van der Waals surface area contributed by atoms with E-state index in [9.17, 15) is 4.39 Å². The number of allylic oxidation sites excluding steroid dienone is 1. The molecule has 1 atom stereocenters. The van der Waals surface area contributed by atoms with Gasteiger partial charge in [0.15, 0.2) is 0 Å². The van der Waals surface area contributed by atoms with Gasteiger partial charge in [-0.05, 0) is 25.5 Å². The largest absolute Gasteiger partial charge is 0.323 e. The van der Waals surface area contributed by atoms with Gasteiger partial charge in [0.25, 0.3) is 0 Å². The van der Waals surface area contributed by atoms with E-state index in [1.807, 2.05) is 11.5 Å². The van der Waals surface area contributed by atoms with E-state index in [1.54, 1.807) is 6.07 Å². The standard InChI is InChI=1S/C15H20FN3/c1-4-5-12(17)15-18-13-8-11(16)6-7-14(13)19(15)9-10(2)3/h6-8,12H,2,4-5,9,17H2,1,3H3. The van der Waals surface area contributed by atoms with Crippen molar-refractivity contribution in [2.24, 2.45) is 5.73 Å². The maximum atomic E-state index is 13.3. The van der Waals surface area contributed by atoms with E-state index in [1.165, 1.54) is 12.1 Å². The van der Waals surface area contributed by atoms with Crippen molar-refractivity contribution in [2.45, 2.75) is 39.3 Å². The molecule has 0 bridgehead atoms. The van der Waals surface area contributed by atoms with E-state index < -0.39 is 0 Å². The van der Waals surface area contributed by atoms with Gasteiger partial charge in [-0.2, -0.15) is 0 Å². The number of nitrogens with two attached hydrogens (primary N) is 1. The molecular formula is C15H20FN3. The second kappa shape index (κ2) is 5.53. The summed E-state index contributed by atoms with van der Waals surface area (Å²) in [7, 11) is 0. The van der Waals surface area contributed by atoms with Gasteiger partial charge in [-0.3, -0.25) is 0 Å². The van der Waals surface area contributed by atoms with Crippen LogP contribution in [0.15, 0.2) is 30.4 Å². The third-order valence-electron chi connectivity index (χ3n) is 3.10. The summed E-state index contributed by atoms with van der Waals surface area (Å²) in [4.78, 5) is 4.50. The molecule has 1 aromatic carbocycles. The van der Waals surface area contributed by atoms with E-state index in [-0.39, 0.29) is 11.9 Å². The lowest BCUT2D eigenvalue weighted by atomic mass is 10.1. The molecule has 0 aliphatic carbocycles. The first kappa shape index (κ1) is 13.7. The number of hydrogen-bond acceptors (Lipinski definition) is 2. The molecule has 2 aromatic rings. The van der Waals surface area contributed by atoms with Gasteiger partial charge >= 0.3 is 0 Å².